The molecule has 1 saturated heterocycles. The van der Waals surface area contributed by atoms with Crippen LogP contribution in [0.25, 0.3) is 0 Å². The standard InChI is InChI=1S/C29H44O8/c1-8-10-11-12-23(31)36-20-15-21-26(34-7)37-27(35-19(5)30)29(21)22(16-20)28(6,14-13-17(3)9-2)18(4)24(32)25(29)33/h9,13,15,18,20,22,24-27,32-33H,2,8,10-12,14,16H2,1,3-7H3/b17-13-/t18-,20+,22+,24-,25+,26+,27-,28-,29-/m1/s1. The van der Waals surface area contributed by atoms with Crippen LogP contribution in [0.4, 0.5) is 0 Å². The summed E-state index contributed by atoms with van der Waals surface area (Å²) in [6.07, 6.45) is 4.51. The third kappa shape index (κ3) is 5.31. The minimum atomic E-state index is -1.29. The van der Waals surface area contributed by atoms with Crippen LogP contribution in [-0.2, 0) is 28.5 Å². The van der Waals surface area contributed by atoms with Crippen LogP contribution >= 0.6 is 0 Å². The number of hydrogen-bond donors (Lipinski definition) is 2. The summed E-state index contributed by atoms with van der Waals surface area (Å²) in [5, 5.41) is 23.1. The third-order valence-corrected chi connectivity index (χ3v) is 8.90. The molecule has 1 heterocycles. The second kappa shape index (κ2) is 11.8. The van der Waals surface area contributed by atoms with Crippen molar-refractivity contribution >= 4 is 11.9 Å². The molecule has 0 bridgehead atoms. The Balaban J connectivity index is 2.15. The number of ether oxygens (including phenoxy) is 4. The van der Waals surface area contributed by atoms with E-state index in [0.29, 0.717) is 24.8 Å². The lowest BCUT2D eigenvalue weighted by Gasteiger charge is -2.61. The molecule has 1 spiro atoms. The van der Waals surface area contributed by atoms with Gasteiger partial charge in [-0.2, -0.15) is 0 Å². The summed E-state index contributed by atoms with van der Waals surface area (Å²) < 4.78 is 23.3. The van der Waals surface area contributed by atoms with Gasteiger partial charge < -0.3 is 29.2 Å². The molecule has 0 radical (unpaired) electrons. The van der Waals surface area contributed by atoms with Crippen LogP contribution in [0.15, 0.2) is 36.0 Å². The molecule has 9 atom stereocenters. The van der Waals surface area contributed by atoms with Crippen LogP contribution in [-0.4, -0.2) is 60.2 Å². The largest absolute Gasteiger partial charge is 0.458 e. The number of esters is 2. The molecule has 1 saturated carbocycles. The Kier molecular flexibility index (Phi) is 9.43. The molecule has 2 aliphatic carbocycles. The van der Waals surface area contributed by atoms with Crippen LogP contribution < -0.4 is 0 Å². The van der Waals surface area contributed by atoms with E-state index in [-0.39, 0.29) is 17.8 Å². The highest BCUT2D eigenvalue weighted by molar-refractivity contribution is 5.70. The van der Waals surface area contributed by atoms with Gasteiger partial charge in [0.2, 0.25) is 6.29 Å². The summed E-state index contributed by atoms with van der Waals surface area (Å²) in [4.78, 5) is 24.8. The first-order chi connectivity index (χ1) is 17.5. The van der Waals surface area contributed by atoms with Crippen molar-refractivity contribution in [3.63, 3.8) is 0 Å². The molecule has 3 rings (SSSR count). The highest BCUT2D eigenvalue weighted by Gasteiger charge is 2.73. The SMILES string of the molecule is C=C/C(C)=C\C[C@]1(C)[C@H](C)[C@@H](O)[C@H](O)[C@@]23C(=C[C@H](OC(=O)CCCCC)C[C@@H]12)[C@@H](OC)O[C@H]3OC(C)=O. The highest BCUT2D eigenvalue weighted by atomic mass is 16.8. The number of aliphatic hydroxyl groups is 2. The van der Waals surface area contributed by atoms with Gasteiger partial charge in [0, 0.05) is 26.0 Å². The Bertz CT molecular complexity index is 925. The first kappa shape index (κ1) is 29.6. The number of rotatable bonds is 10. The Morgan fingerprint density at radius 2 is 1.95 bits per heavy atom. The van der Waals surface area contributed by atoms with Gasteiger partial charge in [-0.3, -0.25) is 9.59 Å². The summed E-state index contributed by atoms with van der Waals surface area (Å²) in [6.45, 7) is 13.2. The van der Waals surface area contributed by atoms with E-state index in [1.54, 1.807) is 12.2 Å². The Morgan fingerprint density at radius 3 is 2.54 bits per heavy atom. The maximum absolute atomic E-state index is 12.7. The van der Waals surface area contributed by atoms with E-state index in [2.05, 4.69) is 26.5 Å². The lowest BCUT2D eigenvalue weighted by atomic mass is 9.44. The van der Waals surface area contributed by atoms with Crippen molar-refractivity contribution in [1.29, 1.82) is 0 Å². The molecule has 208 valence electrons. The van der Waals surface area contributed by atoms with Gasteiger partial charge in [0.1, 0.15) is 6.10 Å². The van der Waals surface area contributed by atoms with Gasteiger partial charge in [0.05, 0.1) is 17.6 Å². The minimum Gasteiger partial charge on any atom is -0.458 e. The molecule has 2 fully saturated rings. The zero-order valence-corrected chi connectivity index (χ0v) is 23.1. The second-order valence-corrected chi connectivity index (χ2v) is 11.1. The maximum atomic E-state index is 12.7. The fourth-order valence-corrected chi connectivity index (χ4v) is 6.60. The predicted octanol–water partition coefficient (Wildman–Crippen LogP) is 4.20. The predicted molar refractivity (Wildman–Crippen MR) is 138 cm³/mol. The van der Waals surface area contributed by atoms with Gasteiger partial charge in [0.15, 0.2) is 6.29 Å². The molecule has 0 aromatic carbocycles. The van der Waals surface area contributed by atoms with Crippen molar-refractivity contribution in [1.82, 2.24) is 0 Å². The summed E-state index contributed by atoms with van der Waals surface area (Å²) in [5.41, 5.74) is -0.325. The Hall–Kier alpha value is -2.00. The number of hydrogen-bond acceptors (Lipinski definition) is 8. The second-order valence-electron chi connectivity index (χ2n) is 11.1. The number of unbranched alkanes of at least 4 members (excludes halogenated alkanes) is 2. The van der Waals surface area contributed by atoms with Crippen LogP contribution in [0.3, 0.4) is 0 Å². The number of carbonyl (C=O) groups excluding carboxylic acids is 2. The van der Waals surface area contributed by atoms with Gasteiger partial charge in [-0.25, -0.2) is 0 Å². The Labute approximate surface area is 220 Å². The highest BCUT2D eigenvalue weighted by Crippen LogP contribution is 2.67. The third-order valence-electron chi connectivity index (χ3n) is 8.90. The van der Waals surface area contributed by atoms with Gasteiger partial charge in [-0.1, -0.05) is 57.9 Å². The van der Waals surface area contributed by atoms with Gasteiger partial charge in [-0.05, 0) is 49.5 Å². The molecular formula is C29H44O8. The molecule has 0 unspecified atom stereocenters. The maximum Gasteiger partial charge on any atom is 0.306 e. The van der Waals surface area contributed by atoms with E-state index < -0.39 is 47.7 Å². The number of allylic oxidation sites excluding steroid dienone is 3. The van der Waals surface area contributed by atoms with Crippen molar-refractivity contribution in [2.45, 2.75) is 104 Å². The lowest BCUT2D eigenvalue weighted by molar-refractivity contribution is -0.273. The molecule has 2 N–H and O–H groups in total. The van der Waals surface area contributed by atoms with Crippen LogP contribution in [0.2, 0.25) is 0 Å². The van der Waals surface area contributed by atoms with Crippen molar-refractivity contribution in [2.24, 2.45) is 22.7 Å². The average Bonchev–Trinajstić information content (AvgIpc) is 3.17. The molecule has 3 aliphatic rings. The molecular weight excluding hydrogens is 476 g/mol. The van der Waals surface area contributed by atoms with E-state index >= 15 is 0 Å². The average molecular weight is 521 g/mol. The van der Waals surface area contributed by atoms with Gasteiger partial charge in [0.25, 0.3) is 0 Å². The Morgan fingerprint density at radius 1 is 1.24 bits per heavy atom. The van der Waals surface area contributed by atoms with Gasteiger partial charge >= 0.3 is 11.9 Å². The monoisotopic (exact) mass is 520 g/mol. The van der Waals surface area contributed by atoms with Crippen molar-refractivity contribution < 1.29 is 38.7 Å². The molecule has 37 heavy (non-hydrogen) atoms. The van der Waals surface area contributed by atoms with Crippen molar-refractivity contribution in [3.8, 4) is 0 Å². The number of carbonyl (C=O) groups is 2. The van der Waals surface area contributed by atoms with E-state index in [0.717, 1.165) is 24.8 Å². The zero-order chi connectivity index (χ0) is 27.5. The van der Waals surface area contributed by atoms with Crippen molar-refractivity contribution in [3.05, 3.63) is 36.0 Å². The first-order valence-corrected chi connectivity index (χ1v) is 13.4. The van der Waals surface area contributed by atoms with E-state index in [1.165, 1.54) is 14.0 Å². The summed E-state index contributed by atoms with van der Waals surface area (Å²) in [6, 6.07) is 0. The van der Waals surface area contributed by atoms with E-state index in [1.807, 2.05) is 13.8 Å². The zero-order valence-electron chi connectivity index (χ0n) is 23.1. The molecule has 0 aromatic heterocycles. The topological polar surface area (TPSA) is 112 Å². The van der Waals surface area contributed by atoms with Crippen molar-refractivity contribution in [2.75, 3.05) is 7.11 Å². The molecule has 8 nitrogen and oxygen atoms in total. The molecule has 8 heteroatoms. The van der Waals surface area contributed by atoms with Gasteiger partial charge in [-0.15, -0.1) is 0 Å². The summed E-state index contributed by atoms with van der Waals surface area (Å²) >= 11 is 0. The van der Waals surface area contributed by atoms with Crippen LogP contribution in [0, 0.1) is 22.7 Å². The van der Waals surface area contributed by atoms with Crippen LogP contribution in [0.1, 0.15) is 73.1 Å². The normalized spacial score (nSPS) is 39.3. The van der Waals surface area contributed by atoms with E-state index in [9.17, 15) is 19.8 Å². The van der Waals surface area contributed by atoms with E-state index in [4.69, 9.17) is 18.9 Å². The fourth-order valence-electron chi connectivity index (χ4n) is 6.60. The first-order valence-electron chi connectivity index (χ1n) is 13.4. The minimum absolute atomic E-state index is 0.277. The fraction of sp³-hybridized carbons (Fsp3) is 0.724. The summed E-state index contributed by atoms with van der Waals surface area (Å²) in [7, 11) is 1.47. The van der Waals surface area contributed by atoms with Crippen LogP contribution in [0.5, 0.6) is 0 Å². The molecule has 0 amide bonds. The lowest BCUT2D eigenvalue weighted by Crippen LogP contribution is -2.68. The smallest absolute Gasteiger partial charge is 0.306 e. The number of methoxy groups -OCH3 is 1. The quantitative estimate of drug-likeness (QED) is 0.191. The molecule has 0 aromatic rings. The number of aliphatic hydroxyl groups excluding tert-OH is 2. The molecule has 1 aliphatic heterocycles. The summed E-state index contributed by atoms with van der Waals surface area (Å²) in [5.74, 6) is -1.55.